The third-order valence-electron chi connectivity index (χ3n) is 1.88. The number of hydrogen-bond acceptors (Lipinski definition) is 3. The Morgan fingerprint density at radius 3 is 3.00 bits per heavy atom. The standard InChI is InChI=1S/C10H7NO2/c1-12-9-4-7(6-11)5-10-8(9)2-3-13-10/h2-5H,1H3. The molecule has 0 saturated heterocycles. The molecule has 0 atom stereocenters. The SMILES string of the molecule is COc1cc(C#N)cc2occc12. The summed E-state index contributed by atoms with van der Waals surface area (Å²) >= 11 is 0. The summed E-state index contributed by atoms with van der Waals surface area (Å²) in [7, 11) is 1.57. The molecule has 0 aliphatic carbocycles. The maximum Gasteiger partial charge on any atom is 0.138 e. The minimum atomic E-state index is 0.541. The van der Waals surface area contributed by atoms with Gasteiger partial charge in [-0.15, -0.1) is 0 Å². The average Bonchev–Trinajstić information content (AvgIpc) is 2.63. The summed E-state index contributed by atoms with van der Waals surface area (Å²) in [6.45, 7) is 0. The molecule has 0 unspecified atom stereocenters. The van der Waals surface area contributed by atoms with Gasteiger partial charge >= 0.3 is 0 Å². The molecule has 3 heteroatoms. The first kappa shape index (κ1) is 7.69. The number of nitrogens with zero attached hydrogens (tertiary/aromatic N) is 1. The molecule has 64 valence electrons. The fourth-order valence-electron chi connectivity index (χ4n) is 1.27. The van der Waals surface area contributed by atoms with E-state index in [-0.39, 0.29) is 0 Å². The first-order chi connectivity index (χ1) is 6.35. The number of benzene rings is 1. The molecule has 1 aromatic heterocycles. The molecular formula is C10H7NO2. The zero-order valence-corrected chi connectivity index (χ0v) is 7.07. The Morgan fingerprint density at radius 1 is 1.46 bits per heavy atom. The van der Waals surface area contributed by atoms with E-state index in [1.807, 2.05) is 12.1 Å². The summed E-state index contributed by atoms with van der Waals surface area (Å²) in [5, 5.41) is 9.60. The summed E-state index contributed by atoms with van der Waals surface area (Å²) in [6, 6.07) is 7.24. The number of rotatable bonds is 1. The van der Waals surface area contributed by atoms with Gasteiger partial charge in [0.1, 0.15) is 11.3 Å². The van der Waals surface area contributed by atoms with E-state index in [2.05, 4.69) is 0 Å². The molecule has 0 spiro atoms. The quantitative estimate of drug-likeness (QED) is 0.664. The largest absolute Gasteiger partial charge is 0.496 e. The lowest BCUT2D eigenvalue weighted by molar-refractivity contribution is 0.419. The molecule has 2 rings (SSSR count). The van der Waals surface area contributed by atoms with E-state index in [4.69, 9.17) is 14.4 Å². The van der Waals surface area contributed by atoms with Gasteiger partial charge in [0.25, 0.3) is 0 Å². The molecular weight excluding hydrogens is 166 g/mol. The first-order valence-electron chi connectivity index (χ1n) is 3.80. The van der Waals surface area contributed by atoms with Crippen LogP contribution in [-0.4, -0.2) is 7.11 Å². The normalized spacial score (nSPS) is 9.85. The van der Waals surface area contributed by atoms with E-state index in [1.165, 1.54) is 0 Å². The molecule has 2 aromatic rings. The minimum Gasteiger partial charge on any atom is -0.496 e. The summed E-state index contributed by atoms with van der Waals surface area (Å²) < 4.78 is 10.3. The Hall–Kier alpha value is -1.95. The fraction of sp³-hybridized carbons (Fsp3) is 0.100. The molecule has 1 heterocycles. The Morgan fingerprint density at radius 2 is 2.31 bits per heavy atom. The number of nitriles is 1. The Balaban J connectivity index is 2.79. The first-order valence-corrected chi connectivity index (χ1v) is 3.80. The second kappa shape index (κ2) is 2.83. The summed E-state index contributed by atoms with van der Waals surface area (Å²) in [5.74, 6) is 0.669. The van der Waals surface area contributed by atoms with Gasteiger partial charge in [0.2, 0.25) is 0 Å². The molecule has 0 saturated carbocycles. The van der Waals surface area contributed by atoms with E-state index in [0.29, 0.717) is 16.9 Å². The lowest BCUT2D eigenvalue weighted by Crippen LogP contribution is -1.84. The van der Waals surface area contributed by atoms with Gasteiger partial charge in [-0.05, 0) is 18.2 Å². The number of hydrogen-bond donors (Lipinski definition) is 0. The number of furan rings is 1. The van der Waals surface area contributed by atoms with Crippen LogP contribution < -0.4 is 4.74 Å². The maximum absolute atomic E-state index is 8.71. The van der Waals surface area contributed by atoms with E-state index < -0.39 is 0 Å². The van der Waals surface area contributed by atoms with Gasteiger partial charge in [0.05, 0.1) is 30.4 Å². The lowest BCUT2D eigenvalue weighted by atomic mass is 10.1. The van der Waals surface area contributed by atoms with Crippen molar-refractivity contribution >= 4 is 11.0 Å². The molecule has 0 aliphatic rings. The number of ether oxygens (including phenoxy) is 1. The Labute approximate surface area is 75.1 Å². The summed E-state index contributed by atoms with van der Waals surface area (Å²) in [4.78, 5) is 0. The van der Waals surface area contributed by atoms with Gasteiger partial charge in [-0.1, -0.05) is 0 Å². The molecule has 0 bridgehead atoms. The summed E-state index contributed by atoms with van der Waals surface area (Å²) in [5.41, 5.74) is 1.22. The van der Waals surface area contributed by atoms with Crippen LogP contribution in [0.15, 0.2) is 28.9 Å². The van der Waals surface area contributed by atoms with Gasteiger partial charge < -0.3 is 9.15 Å². The second-order valence-corrected chi connectivity index (χ2v) is 2.62. The topological polar surface area (TPSA) is 46.2 Å². The van der Waals surface area contributed by atoms with Crippen LogP contribution in [0.1, 0.15) is 5.56 Å². The van der Waals surface area contributed by atoms with Gasteiger partial charge in [-0.3, -0.25) is 0 Å². The van der Waals surface area contributed by atoms with Gasteiger partial charge in [0, 0.05) is 0 Å². The van der Waals surface area contributed by atoms with Crippen molar-refractivity contribution in [2.45, 2.75) is 0 Å². The second-order valence-electron chi connectivity index (χ2n) is 2.62. The third kappa shape index (κ3) is 1.13. The van der Waals surface area contributed by atoms with Crippen molar-refractivity contribution in [1.29, 1.82) is 5.26 Å². The highest BCUT2D eigenvalue weighted by Gasteiger charge is 2.05. The third-order valence-corrected chi connectivity index (χ3v) is 1.88. The number of methoxy groups -OCH3 is 1. The Bertz CT molecular complexity index is 479. The molecule has 0 radical (unpaired) electrons. The van der Waals surface area contributed by atoms with Crippen LogP contribution >= 0.6 is 0 Å². The van der Waals surface area contributed by atoms with Crippen molar-refractivity contribution in [2.24, 2.45) is 0 Å². The van der Waals surface area contributed by atoms with E-state index in [9.17, 15) is 0 Å². The van der Waals surface area contributed by atoms with Gasteiger partial charge in [-0.25, -0.2) is 0 Å². The van der Waals surface area contributed by atoms with E-state index in [0.717, 1.165) is 5.39 Å². The van der Waals surface area contributed by atoms with Crippen molar-refractivity contribution in [3.8, 4) is 11.8 Å². The van der Waals surface area contributed by atoms with E-state index >= 15 is 0 Å². The predicted octanol–water partition coefficient (Wildman–Crippen LogP) is 2.31. The molecule has 3 nitrogen and oxygen atoms in total. The molecule has 0 N–H and O–H groups in total. The highest BCUT2D eigenvalue weighted by molar-refractivity contribution is 5.85. The van der Waals surface area contributed by atoms with Crippen LogP contribution in [0.25, 0.3) is 11.0 Å². The van der Waals surface area contributed by atoms with Gasteiger partial charge in [-0.2, -0.15) is 5.26 Å². The molecule has 0 amide bonds. The van der Waals surface area contributed by atoms with Crippen LogP contribution in [-0.2, 0) is 0 Å². The monoisotopic (exact) mass is 173 g/mol. The maximum atomic E-state index is 8.71. The van der Waals surface area contributed by atoms with Crippen LogP contribution in [0.5, 0.6) is 5.75 Å². The van der Waals surface area contributed by atoms with Crippen LogP contribution in [0.4, 0.5) is 0 Å². The highest BCUT2D eigenvalue weighted by Crippen LogP contribution is 2.27. The van der Waals surface area contributed by atoms with Crippen LogP contribution in [0, 0.1) is 11.3 Å². The molecule has 1 aromatic carbocycles. The predicted molar refractivity (Wildman–Crippen MR) is 47.5 cm³/mol. The van der Waals surface area contributed by atoms with Crippen LogP contribution in [0.3, 0.4) is 0 Å². The molecule has 13 heavy (non-hydrogen) atoms. The van der Waals surface area contributed by atoms with Crippen molar-refractivity contribution in [2.75, 3.05) is 7.11 Å². The van der Waals surface area contributed by atoms with Gasteiger partial charge in [0.15, 0.2) is 0 Å². The minimum absolute atomic E-state index is 0.541. The Kier molecular flexibility index (Phi) is 1.67. The van der Waals surface area contributed by atoms with E-state index in [1.54, 1.807) is 25.5 Å². The van der Waals surface area contributed by atoms with Crippen molar-refractivity contribution < 1.29 is 9.15 Å². The number of fused-ring (bicyclic) bond motifs is 1. The van der Waals surface area contributed by atoms with Crippen molar-refractivity contribution in [3.05, 3.63) is 30.0 Å². The fourth-order valence-corrected chi connectivity index (χ4v) is 1.27. The zero-order valence-electron chi connectivity index (χ0n) is 7.07. The lowest BCUT2D eigenvalue weighted by Gasteiger charge is -2.00. The van der Waals surface area contributed by atoms with Crippen molar-refractivity contribution in [3.63, 3.8) is 0 Å². The molecule has 0 aliphatic heterocycles. The average molecular weight is 173 g/mol. The van der Waals surface area contributed by atoms with Crippen molar-refractivity contribution in [1.82, 2.24) is 0 Å². The highest BCUT2D eigenvalue weighted by atomic mass is 16.5. The van der Waals surface area contributed by atoms with Crippen LogP contribution in [0.2, 0.25) is 0 Å². The zero-order chi connectivity index (χ0) is 9.26. The summed E-state index contributed by atoms with van der Waals surface area (Å²) in [6.07, 6.45) is 1.58. The smallest absolute Gasteiger partial charge is 0.138 e. The molecule has 0 fully saturated rings.